The quantitative estimate of drug-likeness (QED) is 0.625. The highest BCUT2D eigenvalue weighted by molar-refractivity contribution is 5.84. The van der Waals surface area contributed by atoms with Crippen LogP contribution in [0.5, 0.6) is 0 Å². The molecule has 1 fully saturated rings. The zero-order valence-electron chi connectivity index (χ0n) is 16.5. The van der Waals surface area contributed by atoms with Crippen molar-refractivity contribution in [3.05, 3.63) is 35.8 Å². The Hall–Kier alpha value is -2.08. The Bertz CT molecular complexity index is 775. The summed E-state index contributed by atoms with van der Waals surface area (Å²) >= 11 is 0. The first-order chi connectivity index (χ1) is 13.0. The molecule has 6 heteroatoms. The van der Waals surface area contributed by atoms with Gasteiger partial charge in [-0.3, -0.25) is 0 Å². The number of rotatable bonds is 9. The number of nitrogens with one attached hydrogen (secondary N) is 3. The van der Waals surface area contributed by atoms with Crippen molar-refractivity contribution in [2.45, 2.75) is 45.6 Å². The molecule has 27 heavy (non-hydrogen) atoms. The number of fused-ring (bicyclic) bond motifs is 1. The zero-order valence-corrected chi connectivity index (χ0v) is 16.5. The van der Waals surface area contributed by atoms with Crippen molar-refractivity contribution in [3.8, 4) is 0 Å². The molecule has 0 radical (unpaired) electrons. The highest BCUT2D eigenvalue weighted by Crippen LogP contribution is 2.50. The van der Waals surface area contributed by atoms with Gasteiger partial charge >= 0.3 is 6.03 Å². The maximum absolute atomic E-state index is 13.6. The largest absolute Gasteiger partial charge is 0.361 e. The Kier molecular flexibility index (Phi) is 6.37. The molecular weight excluding hydrogens is 343 g/mol. The molecule has 1 unspecified atom stereocenters. The van der Waals surface area contributed by atoms with Crippen LogP contribution in [0.3, 0.4) is 0 Å². The van der Waals surface area contributed by atoms with Crippen LogP contribution in [-0.2, 0) is 0 Å². The standard InChI is InChI=1S/C21H31FN4O/c1-4-8-26(21(27)25-11-14(3)23-5-2)13-15-9-17(15)19-12-24-20-7-6-16(22)10-18(19)20/h6-7,10,12,14-15,17,23-24H,4-5,8-9,11,13H2,1-3H3,(H,25,27)/t14?,15-,17+/m0/s1. The minimum Gasteiger partial charge on any atom is -0.361 e. The van der Waals surface area contributed by atoms with Gasteiger partial charge in [0.1, 0.15) is 5.82 Å². The van der Waals surface area contributed by atoms with Gasteiger partial charge in [0, 0.05) is 42.8 Å². The summed E-state index contributed by atoms with van der Waals surface area (Å²) < 4.78 is 13.6. The summed E-state index contributed by atoms with van der Waals surface area (Å²) in [7, 11) is 0. The molecule has 1 aliphatic rings. The van der Waals surface area contributed by atoms with Gasteiger partial charge in [0.25, 0.3) is 0 Å². The Balaban J connectivity index is 1.59. The Labute approximate surface area is 160 Å². The number of amides is 2. The summed E-state index contributed by atoms with van der Waals surface area (Å²) in [6, 6.07) is 5.15. The van der Waals surface area contributed by atoms with Gasteiger partial charge in [0.2, 0.25) is 0 Å². The van der Waals surface area contributed by atoms with Crippen molar-refractivity contribution >= 4 is 16.9 Å². The second kappa shape index (κ2) is 8.74. The maximum atomic E-state index is 13.6. The highest BCUT2D eigenvalue weighted by atomic mass is 19.1. The first-order valence-corrected chi connectivity index (χ1v) is 10.1. The number of carbonyl (C=O) groups excluding carboxylic acids is 1. The number of hydrogen-bond donors (Lipinski definition) is 3. The first-order valence-electron chi connectivity index (χ1n) is 10.1. The highest BCUT2D eigenvalue weighted by Gasteiger charge is 2.41. The fourth-order valence-electron chi connectivity index (χ4n) is 3.85. The van der Waals surface area contributed by atoms with Gasteiger partial charge in [-0.05, 0) is 61.9 Å². The number of likely N-dealkylation sites (N-methyl/N-ethyl adjacent to an activating group) is 1. The Morgan fingerprint density at radius 2 is 2.22 bits per heavy atom. The van der Waals surface area contributed by atoms with E-state index in [1.54, 1.807) is 12.1 Å². The molecule has 3 atom stereocenters. The molecule has 2 aromatic rings. The van der Waals surface area contributed by atoms with E-state index in [1.807, 2.05) is 11.1 Å². The van der Waals surface area contributed by atoms with Gasteiger partial charge in [0.05, 0.1) is 0 Å². The molecule has 2 amide bonds. The van der Waals surface area contributed by atoms with E-state index in [9.17, 15) is 9.18 Å². The van der Waals surface area contributed by atoms with Gasteiger partial charge in [-0.2, -0.15) is 0 Å². The van der Waals surface area contributed by atoms with E-state index in [0.717, 1.165) is 43.4 Å². The lowest BCUT2D eigenvalue weighted by Gasteiger charge is -2.24. The van der Waals surface area contributed by atoms with Crippen LogP contribution in [0.2, 0.25) is 0 Å². The van der Waals surface area contributed by atoms with Crippen LogP contribution in [0.15, 0.2) is 24.4 Å². The maximum Gasteiger partial charge on any atom is 0.317 e. The average molecular weight is 375 g/mol. The third kappa shape index (κ3) is 4.80. The number of hydrogen-bond acceptors (Lipinski definition) is 2. The number of H-pyrrole nitrogens is 1. The van der Waals surface area contributed by atoms with E-state index in [0.29, 0.717) is 18.4 Å². The van der Waals surface area contributed by atoms with Crippen LogP contribution < -0.4 is 10.6 Å². The lowest BCUT2D eigenvalue weighted by Crippen LogP contribution is -2.46. The van der Waals surface area contributed by atoms with Crippen molar-refractivity contribution in [2.24, 2.45) is 5.92 Å². The topological polar surface area (TPSA) is 60.2 Å². The first kappa shape index (κ1) is 19.7. The number of urea groups is 1. The summed E-state index contributed by atoms with van der Waals surface area (Å²) in [5.74, 6) is 0.631. The Morgan fingerprint density at radius 1 is 1.41 bits per heavy atom. The van der Waals surface area contributed by atoms with Crippen molar-refractivity contribution in [3.63, 3.8) is 0 Å². The molecule has 1 aromatic heterocycles. The molecule has 1 saturated carbocycles. The van der Waals surface area contributed by atoms with E-state index in [2.05, 4.69) is 36.4 Å². The van der Waals surface area contributed by atoms with Gasteiger partial charge in [-0.25, -0.2) is 9.18 Å². The van der Waals surface area contributed by atoms with E-state index < -0.39 is 0 Å². The van der Waals surface area contributed by atoms with Crippen LogP contribution >= 0.6 is 0 Å². The third-order valence-corrected chi connectivity index (χ3v) is 5.35. The lowest BCUT2D eigenvalue weighted by atomic mass is 10.1. The zero-order chi connectivity index (χ0) is 19.4. The van der Waals surface area contributed by atoms with E-state index in [1.165, 1.54) is 11.6 Å². The van der Waals surface area contributed by atoms with E-state index >= 15 is 0 Å². The fraction of sp³-hybridized carbons (Fsp3) is 0.571. The molecule has 0 spiro atoms. The molecule has 3 rings (SSSR count). The summed E-state index contributed by atoms with van der Waals surface area (Å²) in [4.78, 5) is 17.8. The fourth-order valence-corrected chi connectivity index (χ4v) is 3.85. The number of benzene rings is 1. The number of nitrogens with zero attached hydrogens (tertiary/aromatic N) is 1. The molecule has 0 bridgehead atoms. The number of aromatic nitrogens is 1. The molecule has 0 saturated heterocycles. The molecule has 1 heterocycles. The predicted molar refractivity (Wildman–Crippen MR) is 108 cm³/mol. The Morgan fingerprint density at radius 3 is 2.96 bits per heavy atom. The summed E-state index contributed by atoms with van der Waals surface area (Å²) in [5.41, 5.74) is 2.14. The van der Waals surface area contributed by atoms with Crippen molar-refractivity contribution < 1.29 is 9.18 Å². The van der Waals surface area contributed by atoms with Gasteiger partial charge in [-0.1, -0.05) is 13.8 Å². The SMILES string of the molecule is CCCN(C[C@@H]1C[C@H]1c1c[nH]c2ccc(F)cc12)C(=O)NCC(C)NCC. The normalized spacial score (nSPS) is 19.9. The van der Waals surface area contributed by atoms with Crippen molar-refractivity contribution in [2.75, 3.05) is 26.2 Å². The monoisotopic (exact) mass is 374 g/mol. The lowest BCUT2D eigenvalue weighted by molar-refractivity contribution is 0.194. The van der Waals surface area contributed by atoms with Crippen LogP contribution in [-0.4, -0.2) is 48.1 Å². The van der Waals surface area contributed by atoms with Gasteiger partial charge < -0.3 is 20.5 Å². The molecule has 148 valence electrons. The van der Waals surface area contributed by atoms with Crippen LogP contribution in [0, 0.1) is 11.7 Å². The van der Waals surface area contributed by atoms with E-state index in [-0.39, 0.29) is 17.9 Å². The average Bonchev–Trinajstić information content (AvgIpc) is 3.28. The molecule has 1 aromatic carbocycles. The minimum absolute atomic E-state index is 0.0113. The number of aromatic amines is 1. The second-order valence-corrected chi connectivity index (χ2v) is 7.63. The summed E-state index contributed by atoms with van der Waals surface area (Å²) in [5, 5.41) is 7.31. The second-order valence-electron chi connectivity index (χ2n) is 7.63. The molecular formula is C21H31FN4O. The van der Waals surface area contributed by atoms with Gasteiger partial charge in [0.15, 0.2) is 0 Å². The van der Waals surface area contributed by atoms with Crippen molar-refractivity contribution in [1.82, 2.24) is 20.5 Å². The summed E-state index contributed by atoms with van der Waals surface area (Å²) in [6.07, 6.45) is 3.98. The van der Waals surface area contributed by atoms with Crippen LogP contribution in [0.25, 0.3) is 10.9 Å². The third-order valence-electron chi connectivity index (χ3n) is 5.35. The molecule has 1 aliphatic carbocycles. The van der Waals surface area contributed by atoms with Crippen LogP contribution in [0.4, 0.5) is 9.18 Å². The number of carbonyl (C=O) groups is 1. The predicted octanol–water partition coefficient (Wildman–Crippen LogP) is 3.83. The molecule has 0 aliphatic heterocycles. The minimum atomic E-state index is -0.206. The van der Waals surface area contributed by atoms with Crippen molar-refractivity contribution in [1.29, 1.82) is 0 Å². The summed E-state index contributed by atoms with van der Waals surface area (Å²) in [6.45, 7) is 9.25. The van der Waals surface area contributed by atoms with Crippen LogP contribution in [0.1, 0.15) is 45.1 Å². The van der Waals surface area contributed by atoms with Gasteiger partial charge in [-0.15, -0.1) is 0 Å². The number of halogens is 1. The molecule has 5 nitrogen and oxygen atoms in total. The molecule has 3 N–H and O–H groups in total. The smallest absolute Gasteiger partial charge is 0.317 e. The van der Waals surface area contributed by atoms with E-state index in [4.69, 9.17) is 0 Å².